The molecule has 0 bridgehead atoms. The fourth-order valence-electron chi connectivity index (χ4n) is 0.134. The monoisotopic (exact) mass is 99.0 g/mol. The maximum Gasteiger partial charge on any atom is 0.142 e. The molecule has 0 aliphatic heterocycles. The molecule has 0 amide bonds. The first kappa shape index (κ1) is 5.88. The van der Waals surface area contributed by atoms with Crippen LogP contribution in [0.1, 0.15) is 0 Å². The molecule has 0 radical (unpaired) electrons. The van der Waals surface area contributed by atoms with Crippen molar-refractivity contribution in [3.63, 3.8) is 0 Å². The van der Waals surface area contributed by atoms with E-state index in [1.165, 1.54) is 12.2 Å². The van der Waals surface area contributed by atoms with Crippen LogP contribution >= 0.6 is 0 Å². The molecule has 0 fully saturated rings. The number of rotatable bonds is 2. The Labute approximate surface area is 40.9 Å². The van der Waals surface area contributed by atoms with Crippen LogP contribution in [-0.4, -0.2) is 17.7 Å². The number of allylic oxidation sites excluding steroid dienone is 2. The number of carbonyl (C=O) groups is 1. The summed E-state index contributed by atoms with van der Waals surface area (Å²) < 4.78 is 0. The molecule has 0 atom stereocenters. The molecule has 0 aromatic rings. The van der Waals surface area contributed by atoms with E-state index in [0.29, 0.717) is 6.29 Å². The van der Waals surface area contributed by atoms with Gasteiger partial charge in [0, 0.05) is 0 Å². The number of oxime groups is 1. The minimum atomic E-state index is 0.599. The molecular weight excluding hydrogens is 94.0 g/mol. The predicted octanol–water partition coefficient (Wildman–Crippen LogP) is 0.201. The number of carbonyl (C=O) groups excluding carboxylic acids is 1. The van der Waals surface area contributed by atoms with Crippen LogP contribution in [0.5, 0.6) is 0 Å². The zero-order valence-corrected chi connectivity index (χ0v) is 3.61. The second-order valence-electron chi connectivity index (χ2n) is 0.786. The summed E-state index contributed by atoms with van der Waals surface area (Å²) in [5.74, 6) is 0. The SMILES string of the molecule is O=C/C=C\C=NO. The molecule has 0 saturated carbocycles. The van der Waals surface area contributed by atoms with Crippen molar-refractivity contribution in [2.24, 2.45) is 5.16 Å². The maximum atomic E-state index is 9.45. The maximum absolute atomic E-state index is 9.45. The van der Waals surface area contributed by atoms with Gasteiger partial charge >= 0.3 is 0 Å². The van der Waals surface area contributed by atoms with Crippen LogP contribution in [0.15, 0.2) is 17.3 Å². The summed E-state index contributed by atoms with van der Waals surface area (Å²) in [6.45, 7) is 0. The lowest BCUT2D eigenvalue weighted by Crippen LogP contribution is -1.62. The van der Waals surface area contributed by atoms with Gasteiger partial charge in [-0.25, -0.2) is 0 Å². The van der Waals surface area contributed by atoms with Gasteiger partial charge in [-0.05, 0) is 12.2 Å². The summed E-state index contributed by atoms with van der Waals surface area (Å²) in [4.78, 5) is 9.45. The number of aldehydes is 1. The lowest BCUT2D eigenvalue weighted by Gasteiger charge is -1.62. The fourth-order valence-corrected chi connectivity index (χ4v) is 0.134. The smallest absolute Gasteiger partial charge is 0.142 e. The molecule has 3 heteroatoms. The van der Waals surface area contributed by atoms with Gasteiger partial charge in [-0.1, -0.05) is 5.16 Å². The van der Waals surface area contributed by atoms with Crippen molar-refractivity contribution in [3.05, 3.63) is 12.2 Å². The molecule has 0 rings (SSSR count). The van der Waals surface area contributed by atoms with Gasteiger partial charge in [0.1, 0.15) is 6.29 Å². The van der Waals surface area contributed by atoms with Crippen LogP contribution in [-0.2, 0) is 4.79 Å². The van der Waals surface area contributed by atoms with Gasteiger partial charge in [0.25, 0.3) is 0 Å². The van der Waals surface area contributed by atoms with Gasteiger partial charge in [0.2, 0.25) is 0 Å². The zero-order valence-electron chi connectivity index (χ0n) is 3.61. The van der Waals surface area contributed by atoms with E-state index < -0.39 is 0 Å². The first-order chi connectivity index (χ1) is 3.41. The highest BCUT2D eigenvalue weighted by Gasteiger charge is 1.58. The van der Waals surface area contributed by atoms with Crippen LogP contribution in [0.4, 0.5) is 0 Å². The highest BCUT2D eigenvalue weighted by molar-refractivity contribution is 5.78. The van der Waals surface area contributed by atoms with Gasteiger partial charge in [-0.2, -0.15) is 0 Å². The van der Waals surface area contributed by atoms with Crippen molar-refractivity contribution >= 4 is 12.5 Å². The third-order valence-electron chi connectivity index (χ3n) is 0.342. The Hall–Kier alpha value is -1.12. The molecule has 0 saturated heterocycles. The van der Waals surface area contributed by atoms with Crippen LogP contribution in [0.25, 0.3) is 0 Å². The van der Waals surface area contributed by atoms with Gasteiger partial charge < -0.3 is 5.21 Å². The van der Waals surface area contributed by atoms with Crippen molar-refractivity contribution in [1.82, 2.24) is 0 Å². The summed E-state index contributed by atoms with van der Waals surface area (Å²) in [7, 11) is 0. The molecule has 0 aliphatic rings. The molecule has 1 N–H and O–H groups in total. The molecule has 7 heavy (non-hydrogen) atoms. The van der Waals surface area contributed by atoms with Crippen LogP contribution in [0.3, 0.4) is 0 Å². The van der Waals surface area contributed by atoms with Gasteiger partial charge in [0.05, 0.1) is 6.21 Å². The van der Waals surface area contributed by atoms with E-state index in [0.717, 1.165) is 6.21 Å². The summed E-state index contributed by atoms with van der Waals surface area (Å²) in [5.41, 5.74) is 0. The van der Waals surface area contributed by atoms with E-state index in [1.54, 1.807) is 0 Å². The topological polar surface area (TPSA) is 49.7 Å². The highest BCUT2D eigenvalue weighted by Crippen LogP contribution is 1.58. The van der Waals surface area contributed by atoms with Crippen molar-refractivity contribution in [2.75, 3.05) is 0 Å². The first-order valence-electron chi connectivity index (χ1n) is 1.69. The van der Waals surface area contributed by atoms with E-state index in [1.807, 2.05) is 0 Å². The summed E-state index contributed by atoms with van der Waals surface area (Å²) in [6.07, 6.45) is 4.25. The molecule has 0 aromatic heterocycles. The van der Waals surface area contributed by atoms with Gasteiger partial charge in [0.15, 0.2) is 0 Å². The zero-order chi connectivity index (χ0) is 5.54. The Kier molecular flexibility index (Phi) is 4.10. The Balaban J connectivity index is 3.27. The second-order valence-corrected chi connectivity index (χ2v) is 0.786. The van der Waals surface area contributed by atoms with Gasteiger partial charge in [-0.15, -0.1) is 0 Å². The lowest BCUT2D eigenvalue weighted by molar-refractivity contribution is -0.104. The molecule has 0 aliphatic carbocycles. The van der Waals surface area contributed by atoms with Crippen molar-refractivity contribution in [2.45, 2.75) is 0 Å². The predicted molar refractivity (Wildman–Crippen MR) is 25.5 cm³/mol. The molecule has 0 aromatic carbocycles. The number of hydrogen-bond acceptors (Lipinski definition) is 3. The van der Waals surface area contributed by atoms with E-state index in [4.69, 9.17) is 5.21 Å². The van der Waals surface area contributed by atoms with Crippen molar-refractivity contribution < 1.29 is 10.0 Å². The molecular formula is C4H5NO2. The van der Waals surface area contributed by atoms with Crippen molar-refractivity contribution in [3.8, 4) is 0 Å². The van der Waals surface area contributed by atoms with Crippen LogP contribution in [0.2, 0.25) is 0 Å². The lowest BCUT2D eigenvalue weighted by atomic mass is 10.6. The number of nitrogens with zero attached hydrogens (tertiary/aromatic N) is 1. The molecule has 0 heterocycles. The third kappa shape index (κ3) is 4.88. The Morgan fingerprint density at radius 3 is 2.57 bits per heavy atom. The second kappa shape index (κ2) is 4.88. The van der Waals surface area contributed by atoms with Crippen molar-refractivity contribution in [1.29, 1.82) is 0 Å². The Morgan fingerprint density at radius 2 is 2.14 bits per heavy atom. The van der Waals surface area contributed by atoms with Crippen LogP contribution < -0.4 is 0 Å². The molecule has 0 unspecified atom stereocenters. The van der Waals surface area contributed by atoms with Crippen LogP contribution in [0, 0.1) is 0 Å². The molecule has 38 valence electrons. The van der Waals surface area contributed by atoms with E-state index in [9.17, 15) is 4.79 Å². The minimum Gasteiger partial charge on any atom is -0.411 e. The van der Waals surface area contributed by atoms with E-state index in [2.05, 4.69) is 5.16 Å². The molecule has 0 spiro atoms. The normalized spacial score (nSPS) is 10.9. The quantitative estimate of drug-likeness (QED) is 0.177. The minimum absolute atomic E-state index is 0.599. The van der Waals surface area contributed by atoms with Gasteiger partial charge in [-0.3, -0.25) is 4.79 Å². The first-order valence-corrected chi connectivity index (χ1v) is 1.69. The largest absolute Gasteiger partial charge is 0.411 e. The standard InChI is InChI=1S/C4H5NO2/c6-4-2-1-3-5-7/h1-4,7H/b2-1-,5-3?. The summed E-state index contributed by atoms with van der Waals surface area (Å²) in [5, 5.41) is 10.3. The summed E-state index contributed by atoms with van der Waals surface area (Å²) in [6, 6.07) is 0. The fraction of sp³-hybridized carbons (Fsp3) is 0. The average Bonchev–Trinajstić information content (AvgIpc) is 1.69. The van der Waals surface area contributed by atoms with E-state index in [-0.39, 0.29) is 0 Å². The molecule has 3 nitrogen and oxygen atoms in total. The third-order valence-corrected chi connectivity index (χ3v) is 0.342. The Morgan fingerprint density at radius 1 is 1.43 bits per heavy atom. The summed E-state index contributed by atoms with van der Waals surface area (Å²) >= 11 is 0. The Bertz CT molecular complexity index is 95.9. The highest BCUT2D eigenvalue weighted by atomic mass is 16.4. The average molecular weight is 99.1 g/mol. The van der Waals surface area contributed by atoms with E-state index >= 15 is 0 Å². The number of hydrogen-bond donors (Lipinski definition) is 1.